The Morgan fingerprint density at radius 1 is 1.42 bits per heavy atom. The molecule has 0 aliphatic carbocycles. The van der Waals surface area contributed by atoms with Crippen molar-refractivity contribution in [2.45, 2.75) is 27.3 Å². The van der Waals surface area contributed by atoms with E-state index >= 15 is 0 Å². The average molecular weight is 207 g/mol. The first kappa shape index (κ1) is 9.87. The van der Waals surface area contributed by atoms with Crippen LogP contribution in [0, 0.1) is 5.41 Å². The number of nitrogens with zero attached hydrogens (tertiary/aromatic N) is 2. The molecule has 1 aromatic rings. The van der Waals surface area contributed by atoms with Gasteiger partial charge in [-0.3, -0.25) is 0 Å². The first-order chi connectivity index (χ1) is 5.40. The molecule has 0 bridgehead atoms. The van der Waals surface area contributed by atoms with E-state index in [-0.39, 0.29) is 5.41 Å². The second-order valence-electron chi connectivity index (χ2n) is 4.01. The summed E-state index contributed by atoms with van der Waals surface area (Å²) in [4.78, 5) is 3.90. The van der Waals surface area contributed by atoms with Gasteiger partial charge in [0, 0.05) is 6.54 Å². The maximum atomic E-state index is 5.88. The molecule has 0 spiro atoms. The molecule has 1 aromatic heterocycles. The summed E-state index contributed by atoms with van der Waals surface area (Å²) >= 11 is 11.6. The fourth-order valence-electron chi connectivity index (χ4n) is 0.964. The van der Waals surface area contributed by atoms with Crippen molar-refractivity contribution in [2.24, 2.45) is 5.41 Å². The van der Waals surface area contributed by atoms with Gasteiger partial charge in [-0.25, -0.2) is 4.98 Å². The van der Waals surface area contributed by atoms with Crippen molar-refractivity contribution < 1.29 is 0 Å². The molecule has 0 atom stereocenters. The van der Waals surface area contributed by atoms with Crippen molar-refractivity contribution in [3.63, 3.8) is 0 Å². The molecule has 1 heterocycles. The standard InChI is InChI=1S/C8H12Cl2N2/c1-8(2,3)4-12-5-11-6(9)7(12)10/h5H,4H2,1-3H3. The summed E-state index contributed by atoms with van der Waals surface area (Å²) in [6, 6.07) is 0. The van der Waals surface area contributed by atoms with E-state index in [9.17, 15) is 0 Å². The third-order valence-electron chi connectivity index (χ3n) is 1.38. The molecule has 2 nitrogen and oxygen atoms in total. The average Bonchev–Trinajstić information content (AvgIpc) is 2.16. The number of halogens is 2. The molecular weight excluding hydrogens is 195 g/mol. The van der Waals surface area contributed by atoms with Crippen LogP contribution in [0.4, 0.5) is 0 Å². The topological polar surface area (TPSA) is 17.8 Å². The van der Waals surface area contributed by atoms with Crippen LogP contribution in [0.25, 0.3) is 0 Å². The van der Waals surface area contributed by atoms with Crippen LogP contribution in [-0.4, -0.2) is 9.55 Å². The zero-order valence-electron chi connectivity index (χ0n) is 7.43. The van der Waals surface area contributed by atoms with Gasteiger partial charge in [-0.2, -0.15) is 0 Å². The Bertz CT molecular complexity index is 273. The maximum Gasteiger partial charge on any atom is 0.166 e. The van der Waals surface area contributed by atoms with Crippen LogP contribution in [0.1, 0.15) is 20.8 Å². The lowest BCUT2D eigenvalue weighted by atomic mass is 9.97. The van der Waals surface area contributed by atoms with Gasteiger partial charge in [0.05, 0.1) is 6.33 Å². The predicted molar refractivity (Wildman–Crippen MR) is 51.7 cm³/mol. The molecular formula is C8H12Cl2N2. The summed E-state index contributed by atoms with van der Waals surface area (Å²) in [6.45, 7) is 7.23. The monoisotopic (exact) mass is 206 g/mol. The van der Waals surface area contributed by atoms with Gasteiger partial charge in [-0.15, -0.1) is 0 Å². The first-order valence-electron chi connectivity index (χ1n) is 3.76. The van der Waals surface area contributed by atoms with Crippen LogP contribution in [-0.2, 0) is 6.54 Å². The lowest BCUT2D eigenvalue weighted by molar-refractivity contribution is 0.344. The molecule has 0 unspecified atom stereocenters. The van der Waals surface area contributed by atoms with Crippen LogP contribution in [0.15, 0.2) is 6.33 Å². The molecule has 0 saturated carbocycles. The van der Waals surface area contributed by atoms with Gasteiger partial charge in [0.1, 0.15) is 5.15 Å². The van der Waals surface area contributed by atoms with E-state index in [0.717, 1.165) is 6.54 Å². The van der Waals surface area contributed by atoms with E-state index in [1.54, 1.807) is 6.33 Å². The minimum absolute atomic E-state index is 0.188. The molecule has 68 valence electrons. The van der Waals surface area contributed by atoms with E-state index in [0.29, 0.717) is 10.3 Å². The molecule has 0 aliphatic heterocycles. The molecule has 0 N–H and O–H groups in total. The van der Waals surface area contributed by atoms with Gasteiger partial charge in [0.2, 0.25) is 0 Å². The third kappa shape index (κ3) is 2.39. The van der Waals surface area contributed by atoms with Crippen molar-refractivity contribution in [3.05, 3.63) is 16.6 Å². The highest BCUT2D eigenvalue weighted by Crippen LogP contribution is 2.24. The SMILES string of the molecule is CC(C)(C)Cn1cnc(Cl)c1Cl. The van der Waals surface area contributed by atoms with Gasteiger partial charge in [0.15, 0.2) is 5.15 Å². The Morgan fingerprint density at radius 3 is 2.33 bits per heavy atom. The zero-order chi connectivity index (χ0) is 9.35. The normalized spacial score (nSPS) is 12.1. The molecule has 0 fully saturated rings. The third-order valence-corrected chi connectivity index (χ3v) is 2.15. The number of rotatable bonds is 1. The lowest BCUT2D eigenvalue weighted by Gasteiger charge is -2.18. The molecule has 0 radical (unpaired) electrons. The quantitative estimate of drug-likeness (QED) is 0.691. The van der Waals surface area contributed by atoms with Crippen LogP contribution in [0.3, 0.4) is 0 Å². The highest BCUT2D eigenvalue weighted by molar-refractivity contribution is 6.40. The minimum Gasteiger partial charge on any atom is -0.320 e. The summed E-state index contributed by atoms with van der Waals surface area (Å²) in [6.07, 6.45) is 1.66. The Balaban J connectivity index is 2.83. The van der Waals surface area contributed by atoms with Crippen molar-refractivity contribution in [1.82, 2.24) is 9.55 Å². The zero-order valence-corrected chi connectivity index (χ0v) is 8.95. The van der Waals surface area contributed by atoms with E-state index < -0.39 is 0 Å². The Kier molecular flexibility index (Phi) is 2.69. The van der Waals surface area contributed by atoms with Gasteiger partial charge in [-0.1, -0.05) is 44.0 Å². The molecule has 0 aromatic carbocycles. The summed E-state index contributed by atoms with van der Waals surface area (Å²) in [5, 5.41) is 0.896. The van der Waals surface area contributed by atoms with Gasteiger partial charge in [0.25, 0.3) is 0 Å². The van der Waals surface area contributed by atoms with Crippen molar-refractivity contribution >= 4 is 23.2 Å². The summed E-state index contributed by atoms with van der Waals surface area (Å²) in [5.74, 6) is 0. The smallest absolute Gasteiger partial charge is 0.166 e. The molecule has 1 rings (SSSR count). The Morgan fingerprint density at radius 2 is 2.00 bits per heavy atom. The van der Waals surface area contributed by atoms with Crippen molar-refractivity contribution in [1.29, 1.82) is 0 Å². The van der Waals surface area contributed by atoms with Crippen LogP contribution in [0.5, 0.6) is 0 Å². The van der Waals surface area contributed by atoms with Gasteiger partial charge >= 0.3 is 0 Å². The minimum atomic E-state index is 0.188. The molecule has 4 heteroatoms. The summed E-state index contributed by atoms with van der Waals surface area (Å²) in [7, 11) is 0. The first-order valence-corrected chi connectivity index (χ1v) is 4.52. The Labute approximate surface area is 82.5 Å². The number of hydrogen-bond acceptors (Lipinski definition) is 1. The second-order valence-corrected chi connectivity index (χ2v) is 4.73. The van der Waals surface area contributed by atoms with Crippen molar-refractivity contribution in [2.75, 3.05) is 0 Å². The largest absolute Gasteiger partial charge is 0.320 e. The maximum absolute atomic E-state index is 5.88. The highest BCUT2D eigenvalue weighted by Gasteiger charge is 2.14. The second kappa shape index (κ2) is 3.27. The number of aromatic nitrogens is 2. The Hall–Kier alpha value is -0.210. The van der Waals surface area contributed by atoms with Crippen LogP contribution in [0.2, 0.25) is 10.3 Å². The summed E-state index contributed by atoms with van der Waals surface area (Å²) in [5.41, 5.74) is 0.188. The highest BCUT2D eigenvalue weighted by atomic mass is 35.5. The number of imidazole rings is 1. The van der Waals surface area contributed by atoms with E-state index in [2.05, 4.69) is 25.8 Å². The van der Waals surface area contributed by atoms with Crippen molar-refractivity contribution in [3.8, 4) is 0 Å². The fourth-order valence-corrected chi connectivity index (χ4v) is 1.27. The fraction of sp³-hybridized carbons (Fsp3) is 0.625. The van der Waals surface area contributed by atoms with Crippen LogP contribution >= 0.6 is 23.2 Å². The molecule has 0 aliphatic rings. The van der Waals surface area contributed by atoms with E-state index in [1.165, 1.54) is 0 Å². The molecule has 12 heavy (non-hydrogen) atoms. The van der Waals surface area contributed by atoms with E-state index in [4.69, 9.17) is 23.2 Å². The molecule has 0 amide bonds. The summed E-state index contributed by atoms with van der Waals surface area (Å²) < 4.78 is 1.85. The lowest BCUT2D eigenvalue weighted by Crippen LogP contribution is -2.14. The van der Waals surface area contributed by atoms with Crippen LogP contribution < -0.4 is 0 Å². The van der Waals surface area contributed by atoms with Gasteiger partial charge < -0.3 is 4.57 Å². The van der Waals surface area contributed by atoms with E-state index in [1.807, 2.05) is 4.57 Å². The predicted octanol–water partition coefficient (Wildman–Crippen LogP) is 3.24. The number of hydrogen-bond donors (Lipinski definition) is 0. The molecule has 0 saturated heterocycles. The van der Waals surface area contributed by atoms with Gasteiger partial charge in [-0.05, 0) is 5.41 Å².